The fraction of sp³-hybridized carbons (Fsp3) is 0.958. The lowest BCUT2D eigenvalue weighted by Crippen LogP contribution is -2.39. The van der Waals surface area contributed by atoms with E-state index < -0.39 is 0 Å². The largest absolute Gasteiger partial charge is 0.465 e. The van der Waals surface area contributed by atoms with Crippen molar-refractivity contribution in [3.05, 3.63) is 0 Å². The Morgan fingerprint density at radius 1 is 0.867 bits per heavy atom. The first-order valence-corrected chi connectivity index (χ1v) is 12.4. The number of likely N-dealkylation sites (tertiary alicyclic amines) is 1. The van der Waals surface area contributed by atoms with Crippen molar-refractivity contribution in [3.63, 3.8) is 0 Å². The molecule has 4 N–H and O–H groups in total. The summed E-state index contributed by atoms with van der Waals surface area (Å²) in [5.74, 6) is 0.0579. The van der Waals surface area contributed by atoms with Crippen molar-refractivity contribution in [3.8, 4) is 0 Å². The first-order chi connectivity index (χ1) is 14.5. The SMILES string of the molecule is CN1CCC(C(=O)OCCCCC(N)(CCCCCCO)CCCCCCO)CC1. The predicted octanol–water partition coefficient (Wildman–Crippen LogP) is 3.62. The van der Waals surface area contributed by atoms with Crippen LogP contribution in [0, 0.1) is 5.92 Å². The van der Waals surface area contributed by atoms with Gasteiger partial charge in [0.1, 0.15) is 0 Å². The first kappa shape index (κ1) is 27.3. The van der Waals surface area contributed by atoms with Crippen LogP contribution in [0.4, 0.5) is 0 Å². The van der Waals surface area contributed by atoms with Gasteiger partial charge in [0.05, 0.1) is 12.5 Å². The number of carbonyl (C=O) groups excluding carboxylic acids is 1. The molecule has 0 aliphatic carbocycles. The van der Waals surface area contributed by atoms with Crippen LogP contribution in [-0.4, -0.2) is 66.6 Å². The van der Waals surface area contributed by atoms with Gasteiger partial charge in [-0.1, -0.05) is 38.5 Å². The van der Waals surface area contributed by atoms with Gasteiger partial charge < -0.3 is 25.6 Å². The van der Waals surface area contributed by atoms with Gasteiger partial charge in [-0.15, -0.1) is 0 Å². The molecule has 30 heavy (non-hydrogen) atoms. The second-order valence-corrected chi connectivity index (χ2v) is 9.34. The van der Waals surface area contributed by atoms with Crippen LogP contribution in [0.2, 0.25) is 0 Å². The van der Waals surface area contributed by atoms with Crippen LogP contribution < -0.4 is 5.73 Å². The molecule has 0 amide bonds. The molecule has 1 fully saturated rings. The van der Waals surface area contributed by atoms with E-state index in [-0.39, 0.29) is 30.6 Å². The second-order valence-electron chi connectivity index (χ2n) is 9.34. The van der Waals surface area contributed by atoms with E-state index in [0.29, 0.717) is 6.61 Å². The highest BCUT2D eigenvalue weighted by molar-refractivity contribution is 5.72. The van der Waals surface area contributed by atoms with Gasteiger partial charge in [0.2, 0.25) is 0 Å². The third-order valence-electron chi connectivity index (χ3n) is 6.53. The van der Waals surface area contributed by atoms with Crippen molar-refractivity contribution < 1.29 is 19.7 Å². The van der Waals surface area contributed by atoms with Crippen LogP contribution in [0.15, 0.2) is 0 Å². The highest BCUT2D eigenvalue weighted by atomic mass is 16.5. The number of piperidine rings is 1. The Bertz CT molecular complexity index is 411. The number of hydrogen-bond acceptors (Lipinski definition) is 6. The van der Waals surface area contributed by atoms with Crippen LogP contribution >= 0.6 is 0 Å². The Morgan fingerprint density at radius 2 is 1.33 bits per heavy atom. The third kappa shape index (κ3) is 12.9. The number of unbranched alkanes of at least 4 members (excludes halogenated alkanes) is 7. The Kier molecular flexibility index (Phi) is 15.4. The van der Waals surface area contributed by atoms with Crippen LogP contribution in [0.5, 0.6) is 0 Å². The van der Waals surface area contributed by atoms with E-state index >= 15 is 0 Å². The zero-order valence-corrected chi connectivity index (χ0v) is 19.5. The molecule has 0 unspecified atom stereocenters. The normalized spacial score (nSPS) is 16.1. The minimum atomic E-state index is -0.142. The number of carbonyl (C=O) groups is 1. The molecule has 1 heterocycles. The zero-order chi connectivity index (χ0) is 22.1. The summed E-state index contributed by atoms with van der Waals surface area (Å²) in [6, 6.07) is 0. The quantitative estimate of drug-likeness (QED) is 0.228. The minimum Gasteiger partial charge on any atom is -0.465 e. The highest BCUT2D eigenvalue weighted by Gasteiger charge is 2.25. The minimum absolute atomic E-state index is 0.0186. The van der Waals surface area contributed by atoms with E-state index in [0.717, 1.165) is 109 Å². The maximum atomic E-state index is 12.2. The van der Waals surface area contributed by atoms with Gasteiger partial charge in [-0.25, -0.2) is 0 Å². The van der Waals surface area contributed by atoms with E-state index in [1.165, 1.54) is 0 Å². The number of hydrogen-bond donors (Lipinski definition) is 3. The average molecular weight is 429 g/mol. The van der Waals surface area contributed by atoms with Gasteiger partial charge >= 0.3 is 5.97 Å². The van der Waals surface area contributed by atoms with Crippen molar-refractivity contribution in [2.24, 2.45) is 11.7 Å². The van der Waals surface area contributed by atoms with Crippen LogP contribution in [0.25, 0.3) is 0 Å². The first-order valence-electron chi connectivity index (χ1n) is 12.4. The van der Waals surface area contributed by atoms with Crippen molar-refractivity contribution in [1.82, 2.24) is 4.90 Å². The van der Waals surface area contributed by atoms with Crippen molar-refractivity contribution in [1.29, 1.82) is 0 Å². The molecule has 0 aromatic rings. The summed E-state index contributed by atoms with van der Waals surface area (Å²) in [6.07, 6.45) is 15.1. The molecule has 0 atom stereocenters. The Balaban J connectivity index is 2.26. The van der Waals surface area contributed by atoms with E-state index in [4.69, 9.17) is 20.7 Å². The predicted molar refractivity (Wildman–Crippen MR) is 122 cm³/mol. The molecule has 0 bridgehead atoms. The molecule has 1 saturated heterocycles. The Morgan fingerprint density at radius 3 is 1.83 bits per heavy atom. The fourth-order valence-corrected chi connectivity index (χ4v) is 4.37. The van der Waals surface area contributed by atoms with Gasteiger partial charge in [-0.05, 0) is 77.9 Å². The molecule has 178 valence electrons. The maximum absolute atomic E-state index is 12.2. The Hall–Kier alpha value is -0.690. The van der Waals surface area contributed by atoms with Crippen molar-refractivity contribution in [2.75, 3.05) is 40.0 Å². The zero-order valence-electron chi connectivity index (χ0n) is 19.5. The van der Waals surface area contributed by atoms with Crippen LogP contribution in [0.3, 0.4) is 0 Å². The number of aliphatic hydroxyl groups is 2. The van der Waals surface area contributed by atoms with E-state index in [1.807, 2.05) is 0 Å². The summed E-state index contributed by atoms with van der Waals surface area (Å²) >= 11 is 0. The number of aliphatic hydroxyl groups excluding tert-OH is 2. The van der Waals surface area contributed by atoms with Gasteiger partial charge in [-0.3, -0.25) is 4.79 Å². The van der Waals surface area contributed by atoms with Crippen molar-refractivity contribution in [2.45, 2.75) is 102 Å². The number of esters is 1. The topological polar surface area (TPSA) is 96.0 Å². The Labute approximate surface area is 184 Å². The molecule has 6 heteroatoms. The monoisotopic (exact) mass is 428 g/mol. The molecule has 1 aliphatic rings. The molecule has 0 spiro atoms. The standard InChI is InChI=1S/C24H48N2O4/c1-26-17-12-22(13-18-26)23(29)30-21-11-8-16-24(25,14-6-2-4-9-19-27)15-7-3-5-10-20-28/h22,27-28H,2-21,25H2,1H3. The van der Waals surface area contributed by atoms with Gasteiger partial charge in [0.25, 0.3) is 0 Å². The number of ether oxygens (including phenoxy) is 1. The summed E-state index contributed by atoms with van der Waals surface area (Å²) in [4.78, 5) is 14.5. The van der Waals surface area contributed by atoms with E-state index in [2.05, 4.69) is 11.9 Å². The molecule has 0 radical (unpaired) electrons. The fourth-order valence-electron chi connectivity index (χ4n) is 4.37. The van der Waals surface area contributed by atoms with Gasteiger partial charge in [-0.2, -0.15) is 0 Å². The molecule has 1 rings (SSSR count). The third-order valence-corrected chi connectivity index (χ3v) is 6.53. The van der Waals surface area contributed by atoms with Crippen LogP contribution in [-0.2, 0) is 9.53 Å². The summed E-state index contributed by atoms with van der Waals surface area (Å²) in [5, 5.41) is 17.9. The van der Waals surface area contributed by atoms with Crippen LogP contribution in [0.1, 0.15) is 96.3 Å². The smallest absolute Gasteiger partial charge is 0.309 e. The van der Waals surface area contributed by atoms with E-state index in [9.17, 15) is 4.79 Å². The molecule has 0 saturated carbocycles. The number of nitrogens with two attached hydrogens (primary N) is 1. The highest BCUT2D eigenvalue weighted by Crippen LogP contribution is 2.26. The molecule has 0 aromatic carbocycles. The average Bonchev–Trinajstić information content (AvgIpc) is 2.73. The lowest BCUT2D eigenvalue weighted by Gasteiger charge is -2.30. The molecular weight excluding hydrogens is 380 g/mol. The summed E-state index contributed by atoms with van der Waals surface area (Å²) in [6.45, 7) is 3.01. The maximum Gasteiger partial charge on any atom is 0.309 e. The molecule has 6 nitrogen and oxygen atoms in total. The lowest BCUT2D eigenvalue weighted by molar-refractivity contribution is -0.150. The second kappa shape index (κ2) is 16.9. The summed E-state index contributed by atoms with van der Waals surface area (Å²) < 4.78 is 5.54. The summed E-state index contributed by atoms with van der Waals surface area (Å²) in [7, 11) is 2.10. The van der Waals surface area contributed by atoms with Gasteiger partial charge in [0.15, 0.2) is 0 Å². The molecule has 1 aliphatic heterocycles. The molecule has 0 aromatic heterocycles. The lowest BCUT2D eigenvalue weighted by atomic mass is 9.83. The summed E-state index contributed by atoms with van der Waals surface area (Å²) in [5.41, 5.74) is 6.65. The number of rotatable bonds is 18. The number of nitrogens with zero attached hydrogens (tertiary/aromatic N) is 1. The van der Waals surface area contributed by atoms with E-state index in [1.54, 1.807) is 0 Å². The van der Waals surface area contributed by atoms with Crippen molar-refractivity contribution >= 4 is 5.97 Å². The molecular formula is C24H48N2O4. The van der Waals surface area contributed by atoms with Gasteiger partial charge in [0, 0.05) is 18.8 Å².